The second-order valence-corrected chi connectivity index (χ2v) is 9.10. The Bertz CT molecular complexity index is 1470. The van der Waals surface area contributed by atoms with Gasteiger partial charge in [-0.3, -0.25) is 14.9 Å². The van der Waals surface area contributed by atoms with Crippen molar-refractivity contribution in [2.24, 2.45) is 4.99 Å². The third-order valence-electron chi connectivity index (χ3n) is 6.14. The van der Waals surface area contributed by atoms with Crippen LogP contribution in [0.15, 0.2) is 35.3 Å². The summed E-state index contributed by atoms with van der Waals surface area (Å²) in [6, 6.07) is 2.80. The van der Waals surface area contributed by atoms with Crippen molar-refractivity contribution in [2.75, 3.05) is 19.0 Å². The number of carbonyl (C=O) groups is 2. The van der Waals surface area contributed by atoms with Gasteiger partial charge in [-0.15, -0.1) is 5.10 Å². The zero-order chi connectivity index (χ0) is 28.6. The van der Waals surface area contributed by atoms with Gasteiger partial charge in [-0.05, 0) is 54.6 Å². The van der Waals surface area contributed by atoms with Crippen LogP contribution in [0.25, 0.3) is 10.9 Å². The topological polar surface area (TPSA) is 110 Å². The summed E-state index contributed by atoms with van der Waals surface area (Å²) < 4.78 is 74.6. The number of amides is 1. The molecule has 15 heteroatoms. The van der Waals surface area contributed by atoms with Gasteiger partial charge in [0.2, 0.25) is 5.96 Å². The summed E-state index contributed by atoms with van der Waals surface area (Å²) in [5, 5.41) is 9.49. The minimum atomic E-state index is -4.72. The minimum absolute atomic E-state index is 0.0794. The summed E-state index contributed by atoms with van der Waals surface area (Å²) in [5.74, 6) is -5.23. The Labute approximate surface area is 223 Å². The highest BCUT2D eigenvalue weighted by atomic mass is 35.5. The molecule has 0 radical (unpaired) electrons. The smallest absolute Gasteiger partial charge is 0.382 e. The molecule has 4 rings (SSSR count). The van der Waals surface area contributed by atoms with Crippen molar-refractivity contribution in [3.63, 3.8) is 0 Å². The molecule has 0 spiro atoms. The number of benzene rings is 2. The van der Waals surface area contributed by atoms with Crippen LogP contribution in [0.1, 0.15) is 46.0 Å². The van der Waals surface area contributed by atoms with Crippen molar-refractivity contribution >= 4 is 46.3 Å². The molecule has 9 nitrogen and oxygen atoms in total. The highest BCUT2D eigenvalue weighted by molar-refractivity contribution is 6.17. The Hall–Kier alpha value is -3.62. The van der Waals surface area contributed by atoms with E-state index in [-0.39, 0.29) is 40.4 Å². The fraction of sp³-hybridized carbons (Fsp3) is 0.333. The number of hydrogen-bond donors (Lipinski definition) is 3. The molecule has 2 heterocycles. The average molecular weight is 573 g/mol. The van der Waals surface area contributed by atoms with Gasteiger partial charge in [-0.2, -0.15) is 17.9 Å². The summed E-state index contributed by atoms with van der Waals surface area (Å²) in [7, 11) is 1.43. The predicted octanol–water partition coefficient (Wildman–Crippen LogP) is 4.44. The summed E-state index contributed by atoms with van der Waals surface area (Å²) >= 11 is 5.72. The molecule has 0 aliphatic carbocycles. The highest BCUT2D eigenvalue weighted by Gasteiger charge is 2.43. The van der Waals surface area contributed by atoms with Crippen LogP contribution < -0.4 is 15.5 Å². The number of guanidine groups is 1. The molecule has 3 unspecified atom stereocenters. The van der Waals surface area contributed by atoms with E-state index in [2.05, 4.69) is 25.6 Å². The number of hydrogen-bond acceptors (Lipinski definition) is 6. The molecule has 0 bridgehead atoms. The molecule has 39 heavy (non-hydrogen) atoms. The van der Waals surface area contributed by atoms with Crippen molar-refractivity contribution in [1.82, 2.24) is 19.9 Å². The van der Waals surface area contributed by atoms with Crippen LogP contribution in [0, 0.1) is 11.6 Å². The first-order valence-corrected chi connectivity index (χ1v) is 11.9. The van der Waals surface area contributed by atoms with E-state index in [1.165, 1.54) is 14.0 Å². The van der Waals surface area contributed by atoms with Crippen LogP contribution in [0.4, 0.5) is 27.8 Å². The monoisotopic (exact) mass is 572 g/mol. The molecule has 1 aromatic heterocycles. The Morgan fingerprint density at radius 2 is 1.95 bits per heavy atom. The Morgan fingerprint density at radius 1 is 1.23 bits per heavy atom. The van der Waals surface area contributed by atoms with Crippen molar-refractivity contribution < 1.29 is 36.3 Å². The number of anilines is 1. The number of carbonyl (C=O) groups excluding carboxylic acids is 2. The van der Waals surface area contributed by atoms with Gasteiger partial charge >= 0.3 is 6.18 Å². The normalized spacial score (nSPS) is 18.4. The van der Waals surface area contributed by atoms with E-state index < -0.39 is 53.2 Å². The van der Waals surface area contributed by atoms with E-state index in [4.69, 9.17) is 16.5 Å². The molecule has 3 aromatic rings. The largest absolute Gasteiger partial charge is 0.416 e. The SMILES string of the molecule is COCC(C)N=C(NC(=O)c1ccc(F)c(F)c1)Nc1nn2c3c(c(C(F)(F)F)ccc13)C(C)C(NCl)C2=O. The minimum Gasteiger partial charge on any atom is -0.382 e. The second kappa shape index (κ2) is 10.9. The second-order valence-electron chi connectivity index (χ2n) is 8.88. The number of nitrogens with zero attached hydrogens (tertiary/aromatic N) is 3. The molecule has 0 fully saturated rings. The first kappa shape index (κ1) is 28.4. The lowest BCUT2D eigenvalue weighted by atomic mass is 9.85. The molecular weight excluding hydrogens is 551 g/mol. The van der Waals surface area contributed by atoms with Crippen molar-refractivity contribution in [3.8, 4) is 0 Å². The third kappa shape index (κ3) is 5.44. The summed E-state index contributed by atoms with van der Waals surface area (Å²) in [6.45, 7) is 3.21. The van der Waals surface area contributed by atoms with Gasteiger partial charge in [-0.1, -0.05) is 6.92 Å². The highest BCUT2D eigenvalue weighted by Crippen LogP contribution is 2.44. The summed E-state index contributed by atoms with van der Waals surface area (Å²) in [6.07, 6.45) is -4.72. The molecule has 0 saturated heterocycles. The number of rotatable bonds is 6. The van der Waals surface area contributed by atoms with Gasteiger partial charge in [0.05, 0.1) is 23.7 Å². The van der Waals surface area contributed by atoms with E-state index in [1.807, 2.05) is 0 Å². The Morgan fingerprint density at radius 3 is 2.56 bits per heavy atom. The lowest BCUT2D eigenvalue weighted by Crippen LogP contribution is -2.43. The number of ether oxygens (including phenoxy) is 1. The quantitative estimate of drug-likeness (QED) is 0.174. The fourth-order valence-electron chi connectivity index (χ4n) is 4.37. The van der Waals surface area contributed by atoms with E-state index in [0.29, 0.717) is 6.07 Å². The van der Waals surface area contributed by atoms with E-state index >= 15 is 0 Å². The Balaban J connectivity index is 1.81. The number of nitrogens with one attached hydrogen (secondary N) is 3. The van der Waals surface area contributed by atoms with Crippen LogP contribution in [-0.4, -0.2) is 53.4 Å². The van der Waals surface area contributed by atoms with Gasteiger partial charge in [0.25, 0.3) is 11.8 Å². The molecular formula is C24H22ClF5N6O3. The number of methoxy groups -OCH3 is 1. The van der Waals surface area contributed by atoms with Crippen LogP contribution in [0.3, 0.4) is 0 Å². The molecule has 2 aromatic carbocycles. The fourth-order valence-corrected chi connectivity index (χ4v) is 4.65. The average Bonchev–Trinajstić information content (AvgIpc) is 3.22. The number of aromatic nitrogens is 2. The number of alkyl halides is 3. The van der Waals surface area contributed by atoms with E-state index in [0.717, 1.165) is 28.9 Å². The van der Waals surface area contributed by atoms with Gasteiger partial charge in [0, 0.05) is 24.0 Å². The maximum absolute atomic E-state index is 13.9. The number of halogens is 6. The zero-order valence-corrected chi connectivity index (χ0v) is 21.4. The summed E-state index contributed by atoms with van der Waals surface area (Å²) in [4.78, 5) is 32.4. The first-order valence-electron chi connectivity index (χ1n) is 11.5. The molecule has 1 aliphatic rings. The van der Waals surface area contributed by atoms with Gasteiger partial charge in [0.15, 0.2) is 17.5 Å². The van der Waals surface area contributed by atoms with E-state index in [9.17, 15) is 31.5 Å². The third-order valence-corrected chi connectivity index (χ3v) is 6.38. The van der Waals surface area contributed by atoms with Gasteiger partial charge in [-0.25, -0.2) is 18.6 Å². The van der Waals surface area contributed by atoms with E-state index in [1.54, 1.807) is 6.92 Å². The van der Waals surface area contributed by atoms with Crippen LogP contribution in [0.2, 0.25) is 0 Å². The molecule has 3 N–H and O–H groups in total. The predicted molar refractivity (Wildman–Crippen MR) is 133 cm³/mol. The summed E-state index contributed by atoms with van der Waals surface area (Å²) in [5.41, 5.74) is -1.44. The molecule has 0 saturated carbocycles. The van der Waals surface area contributed by atoms with Crippen molar-refractivity contribution in [1.29, 1.82) is 0 Å². The lowest BCUT2D eigenvalue weighted by molar-refractivity contribution is -0.138. The Kier molecular flexibility index (Phi) is 7.91. The first-order chi connectivity index (χ1) is 18.4. The van der Waals surface area contributed by atoms with Crippen LogP contribution in [0.5, 0.6) is 0 Å². The maximum Gasteiger partial charge on any atom is 0.416 e. The number of aliphatic imine (C=N–C) groups is 1. The lowest BCUT2D eigenvalue weighted by Gasteiger charge is -2.29. The van der Waals surface area contributed by atoms with Crippen LogP contribution >= 0.6 is 11.8 Å². The maximum atomic E-state index is 13.9. The molecule has 1 amide bonds. The van der Waals surface area contributed by atoms with Crippen LogP contribution in [-0.2, 0) is 10.9 Å². The van der Waals surface area contributed by atoms with Crippen molar-refractivity contribution in [3.05, 3.63) is 58.7 Å². The molecule has 3 atom stereocenters. The standard InChI is InChI=1S/C24H22ClF5N6O3/c1-10(9-39-3)31-23(33-21(37)12-4-7-15(26)16(27)8-12)32-20-13-5-6-14(24(28,29)30)17-11(2)18(34-25)22(38)36(35-20)19(13)17/h4-8,10-11,18,34H,9H2,1-3H3,(H2,31,32,33,35,37). The zero-order valence-electron chi connectivity index (χ0n) is 20.7. The van der Waals surface area contributed by atoms with Gasteiger partial charge in [0.1, 0.15) is 6.04 Å². The molecule has 208 valence electrons. The van der Waals surface area contributed by atoms with Crippen molar-refractivity contribution in [2.45, 2.75) is 38.0 Å². The van der Waals surface area contributed by atoms with Gasteiger partial charge < -0.3 is 10.1 Å². The molecule has 1 aliphatic heterocycles.